The van der Waals surface area contributed by atoms with Crippen LogP contribution in [0.25, 0.3) is 0 Å². The van der Waals surface area contributed by atoms with Gasteiger partial charge in [-0.05, 0) is 60.9 Å². The molecule has 0 saturated carbocycles. The molecule has 0 aliphatic carbocycles. The number of benzene rings is 1. The molecule has 0 radical (unpaired) electrons. The van der Waals surface area contributed by atoms with Gasteiger partial charge in [0.05, 0.1) is 5.56 Å². The summed E-state index contributed by atoms with van der Waals surface area (Å²) in [7, 11) is 1.80. The maximum Gasteiger partial charge on any atom is 0.259 e. The molecule has 2 heterocycles. The molecule has 1 amide bonds. The monoisotopic (exact) mass is 377 g/mol. The van der Waals surface area contributed by atoms with Crippen LogP contribution in [-0.2, 0) is 7.05 Å². The topological polar surface area (TPSA) is 71.8 Å². The first-order valence-corrected chi connectivity index (χ1v) is 8.53. The third kappa shape index (κ3) is 3.61. The molecule has 3 rings (SSSR count). The Bertz CT molecular complexity index is 721. The zero-order valence-corrected chi connectivity index (χ0v) is 14.9. The normalized spacial score (nSPS) is 15.6. The molecule has 0 bridgehead atoms. The number of amides is 1. The predicted octanol–water partition coefficient (Wildman–Crippen LogP) is 2.61. The van der Waals surface area contributed by atoms with Crippen LogP contribution in [0.15, 0.2) is 22.7 Å². The Labute approximate surface area is 143 Å². The summed E-state index contributed by atoms with van der Waals surface area (Å²) in [5.74, 6) is 1.47. The number of aryl methyl sites for hydroxylation is 2. The van der Waals surface area contributed by atoms with Crippen molar-refractivity contribution in [2.45, 2.75) is 25.7 Å². The lowest BCUT2D eigenvalue weighted by Gasteiger charge is -2.19. The van der Waals surface area contributed by atoms with Crippen LogP contribution in [0.2, 0.25) is 0 Å². The molecule has 122 valence electrons. The van der Waals surface area contributed by atoms with Crippen molar-refractivity contribution in [1.29, 1.82) is 0 Å². The van der Waals surface area contributed by atoms with Gasteiger partial charge in [-0.3, -0.25) is 10.1 Å². The summed E-state index contributed by atoms with van der Waals surface area (Å²) >= 11 is 3.42. The van der Waals surface area contributed by atoms with Gasteiger partial charge in [0.25, 0.3) is 5.91 Å². The lowest BCUT2D eigenvalue weighted by molar-refractivity contribution is 0.102. The second kappa shape index (κ2) is 6.80. The molecule has 1 aromatic carbocycles. The van der Waals surface area contributed by atoms with Crippen LogP contribution in [0.1, 0.15) is 40.5 Å². The first-order valence-electron chi connectivity index (χ1n) is 7.74. The van der Waals surface area contributed by atoms with Gasteiger partial charge in [0.1, 0.15) is 0 Å². The highest BCUT2D eigenvalue weighted by Gasteiger charge is 2.22. The van der Waals surface area contributed by atoms with Gasteiger partial charge < -0.3 is 5.32 Å². The highest BCUT2D eigenvalue weighted by Crippen LogP contribution is 2.24. The third-order valence-corrected chi connectivity index (χ3v) is 4.77. The third-order valence-electron chi connectivity index (χ3n) is 4.08. The van der Waals surface area contributed by atoms with E-state index in [1.807, 2.05) is 25.1 Å². The van der Waals surface area contributed by atoms with E-state index in [0.717, 1.165) is 41.8 Å². The van der Waals surface area contributed by atoms with Crippen molar-refractivity contribution in [1.82, 2.24) is 20.1 Å². The fourth-order valence-electron chi connectivity index (χ4n) is 2.75. The maximum absolute atomic E-state index is 12.5. The Morgan fingerprint density at radius 3 is 2.87 bits per heavy atom. The van der Waals surface area contributed by atoms with Gasteiger partial charge in [-0.1, -0.05) is 11.6 Å². The molecule has 1 aliphatic heterocycles. The summed E-state index contributed by atoms with van der Waals surface area (Å²) < 4.78 is 2.40. The zero-order chi connectivity index (χ0) is 16.4. The van der Waals surface area contributed by atoms with Crippen LogP contribution in [0, 0.1) is 6.92 Å². The number of nitrogens with one attached hydrogen (secondary N) is 2. The standard InChI is InChI=1S/C16H20BrN5O/c1-10-3-4-13(17)12(9-10)15(23)20-16-19-14(21-22(16)2)11-5-7-18-8-6-11/h3-4,9,11,18H,5-8H2,1-2H3,(H,19,20,21,23). The largest absolute Gasteiger partial charge is 0.317 e. The van der Waals surface area contributed by atoms with Crippen molar-refractivity contribution in [3.63, 3.8) is 0 Å². The van der Waals surface area contributed by atoms with E-state index in [1.165, 1.54) is 0 Å². The minimum Gasteiger partial charge on any atom is -0.317 e. The summed E-state index contributed by atoms with van der Waals surface area (Å²) in [4.78, 5) is 17.0. The molecular weight excluding hydrogens is 358 g/mol. The van der Waals surface area contributed by atoms with Crippen LogP contribution in [0.5, 0.6) is 0 Å². The minimum atomic E-state index is -0.187. The SMILES string of the molecule is Cc1ccc(Br)c(C(=O)Nc2nc(C3CCNCC3)nn2C)c1. The zero-order valence-electron chi connectivity index (χ0n) is 13.3. The Morgan fingerprint density at radius 2 is 2.13 bits per heavy atom. The number of anilines is 1. The van der Waals surface area contributed by atoms with Gasteiger partial charge in [-0.15, -0.1) is 0 Å². The number of hydrogen-bond acceptors (Lipinski definition) is 4. The second-order valence-electron chi connectivity index (χ2n) is 5.88. The minimum absolute atomic E-state index is 0.187. The van der Waals surface area contributed by atoms with Gasteiger partial charge in [0, 0.05) is 17.4 Å². The summed E-state index contributed by atoms with van der Waals surface area (Å²) in [6.45, 7) is 3.93. The molecule has 6 nitrogen and oxygen atoms in total. The van der Waals surface area contributed by atoms with Crippen molar-refractivity contribution in [2.75, 3.05) is 18.4 Å². The number of carbonyl (C=O) groups is 1. The summed E-state index contributed by atoms with van der Waals surface area (Å²) in [6, 6.07) is 5.68. The average Bonchev–Trinajstić information content (AvgIpc) is 2.91. The van der Waals surface area contributed by atoms with Gasteiger partial charge in [-0.2, -0.15) is 10.1 Å². The Balaban J connectivity index is 1.78. The Hall–Kier alpha value is -1.73. The van der Waals surface area contributed by atoms with Crippen LogP contribution in [0.4, 0.5) is 5.95 Å². The number of nitrogens with zero attached hydrogens (tertiary/aromatic N) is 3. The predicted molar refractivity (Wildman–Crippen MR) is 92.7 cm³/mol. The van der Waals surface area contributed by atoms with E-state index >= 15 is 0 Å². The molecule has 0 atom stereocenters. The highest BCUT2D eigenvalue weighted by atomic mass is 79.9. The number of halogens is 1. The molecule has 1 fully saturated rings. The van der Waals surface area contributed by atoms with E-state index in [0.29, 0.717) is 17.4 Å². The highest BCUT2D eigenvalue weighted by molar-refractivity contribution is 9.10. The summed E-state index contributed by atoms with van der Waals surface area (Å²) in [5.41, 5.74) is 1.63. The fraction of sp³-hybridized carbons (Fsp3) is 0.438. The Kier molecular flexibility index (Phi) is 4.77. The van der Waals surface area contributed by atoms with E-state index in [2.05, 4.69) is 36.6 Å². The lowest BCUT2D eigenvalue weighted by Crippen LogP contribution is -2.27. The molecule has 0 spiro atoms. The van der Waals surface area contributed by atoms with Crippen molar-refractivity contribution < 1.29 is 4.79 Å². The summed E-state index contributed by atoms with van der Waals surface area (Å²) in [5, 5.41) is 10.7. The molecule has 1 aromatic heterocycles. The molecule has 0 unspecified atom stereocenters. The van der Waals surface area contributed by atoms with Crippen LogP contribution in [-0.4, -0.2) is 33.8 Å². The van der Waals surface area contributed by atoms with Crippen molar-refractivity contribution in [3.8, 4) is 0 Å². The van der Waals surface area contributed by atoms with Gasteiger partial charge in [0.2, 0.25) is 5.95 Å². The maximum atomic E-state index is 12.5. The van der Waals surface area contributed by atoms with Crippen molar-refractivity contribution in [2.24, 2.45) is 7.05 Å². The lowest BCUT2D eigenvalue weighted by atomic mass is 9.98. The van der Waals surface area contributed by atoms with Crippen LogP contribution < -0.4 is 10.6 Å². The molecule has 23 heavy (non-hydrogen) atoms. The molecule has 2 aromatic rings. The number of piperidine rings is 1. The number of aromatic nitrogens is 3. The molecule has 7 heteroatoms. The smallest absolute Gasteiger partial charge is 0.259 e. The number of carbonyl (C=O) groups excluding carboxylic acids is 1. The number of hydrogen-bond donors (Lipinski definition) is 2. The molecule has 1 aliphatic rings. The van der Waals surface area contributed by atoms with E-state index in [-0.39, 0.29) is 5.91 Å². The number of rotatable bonds is 3. The van der Waals surface area contributed by atoms with E-state index in [1.54, 1.807) is 11.7 Å². The van der Waals surface area contributed by atoms with E-state index < -0.39 is 0 Å². The van der Waals surface area contributed by atoms with Crippen LogP contribution >= 0.6 is 15.9 Å². The molecular formula is C16H20BrN5O. The first-order chi connectivity index (χ1) is 11.0. The Morgan fingerprint density at radius 1 is 1.39 bits per heavy atom. The molecule has 2 N–H and O–H groups in total. The van der Waals surface area contributed by atoms with Crippen molar-refractivity contribution in [3.05, 3.63) is 39.6 Å². The fourth-order valence-corrected chi connectivity index (χ4v) is 3.17. The van der Waals surface area contributed by atoms with E-state index in [4.69, 9.17) is 0 Å². The summed E-state index contributed by atoms with van der Waals surface area (Å²) in [6.07, 6.45) is 2.06. The van der Waals surface area contributed by atoms with Gasteiger partial charge in [-0.25, -0.2) is 4.68 Å². The van der Waals surface area contributed by atoms with Crippen LogP contribution in [0.3, 0.4) is 0 Å². The average molecular weight is 378 g/mol. The first kappa shape index (κ1) is 16.1. The molecule has 1 saturated heterocycles. The van der Waals surface area contributed by atoms with E-state index in [9.17, 15) is 4.79 Å². The van der Waals surface area contributed by atoms with Gasteiger partial charge >= 0.3 is 0 Å². The second-order valence-corrected chi connectivity index (χ2v) is 6.73. The van der Waals surface area contributed by atoms with Crippen molar-refractivity contribution >= 4 is 27.8 Å². The quantitative estimate of drug-likeness (QED) is 0.862. The van der Waals surface area contributed by atoms with Gasteiger partial charge in [0.15, 0.2) is 5.82 Å².